The van der Waals surface area contributed by atoms with Gasteiger partial charge in [-0.15, -0.1) is 0 Å². The molecule has 4 rings (SSSR count). The summed E-state index contributed by atoms with van der Waals surface area (Å²) >= 11 is 0. The first-order valence-corrected chi connectivity index (χ1v) is 8.31. The van der Waals surface area contributed by atoms with E-state index in [-0.39, 0.29) is 17.6 Å². The highest BCUT2D eigenvalue weighted by molar-refractivity contribution is 5.91. The number of amides is 1. The molecule has 0 spiro atoms. The molecule has 0 aromatic carbocycles. The van der Waals surface area contributed by atoms with Crippen molar-refractivity contribution >= 4 is 5.91 Å². The Morgan fingerprint density at radius 1 is 1.22 bits per heavy atom. The normalized spacial score (nSPS) is 12.0. The highest BCUT2D eigenvalue weighted by atomic mass is 16.5. The minimum Gasteiger partial charge on any atom is -0.454 e. The van der Waals surface area contributed by atoms with Gasteiger partial charge in [0.05, 0.1) is 6.54 Å². The largest absolute Gasteiger partial charge is 0.454 e. The molecule has 4 heterocycles. The van der Waals surface area contributed by atoms with Crippen LogP contribution in [0.5, 0.6) is 0 Å². The molecule has 0 aliphatic rings. The maximum absolute atomic E-state index is 12.4. The van der Waals surface area contributed by atoms with Gasteiger partial charge in [0.25, 0.3) is 5.91 Å². The van der Waals surface area contributed by atoms with Crippen LogP contribution < -0.4 is 5.32 Å². The Morgan fingerprint density at radius 2 is 2.15 bits per heavy atom. The van der Waals surface area contributed by atoms with Crippen LogP contribution in [0.1, 0.15) is 35.2 Å². The van der Waals surface area contributed by atoms with Gasteiger partial charge in [-0.05, 0) is 37.3 Å². The van der Waals surface area contributed by atoms with Crippen molar-refractivity contribution in [2.45, 2.75) is 19.5 Å². The topological polar surface area (TPSA) is 112 Å². The van der Waals surface area contributed by atoms with Gasteiger partial charge in [-0.2, -0.15) is 10.1 Å². The smallest absolute Gasteiger partial charge is 0.287 e. The zero-order valence-corrected chi connectivity index (χ0v) is 14.4. The number of hydrogen-bond acceptors (Lipinski definition) is 7. The summed E-state index contributed by atoms with van der Waals surface area (Å²) in [6.07, 6.45) is 5.15. The van der Waals surface area contributed by atoms with E-state index < -0.39 is 6.04 Å². The van der Waals surface area contributed by atoms with Gasteiger partial charge in [-0.25, -0.2) is 0 Å². The lowest BCUT2D eigenvalue weighted by atomic mass is 10.3. The fourth-order valence-electron chi connectivity index (χ4n) is 2.48. The van der Waals surface area contributed by atoms with Gasteiger partial charge in [0.15, 0.2) is 5.76 Å². The van der Waals surface area contributed by atoms with Gasteiger partial charge < -0.3 is 14.3 Å². The summed E-state index contributed by atoms with van der Waals surface area (Å²) in [5.74, 6) is 1.12. The second-order valence-corrected chi connectivity index (χ2v) is 5.84. The van der Waals surface area contributed by atoms with Gasteiger partial charge in [0.1, 0.15) is 17.5 Å². The van der Waals surface area contributed by atoms with Crippen molar-refractivity contribution < 1.29 is 13.7 Å². The zero-order valence-electron chi connectivity index (χ0n) is 14.4. The molecule has 4 aromatic heterocycles. The third kappa shape index (κ3) is 3.76. The average molecular weight is 364 g/mol. The Kier molecular flexibility index (Phi) is 4.48. The van der Waals surface area contributed by atoms with Crippen LogP contribution in [0.25, 0.3) is 11.5 Å². The van der Waals surface area contributed by atoms with Crippen LogP contribution in [0.15, 0.2) is 63.9 Å². The van der Waals surface area contributed by atoms with E-state index in [1.165, 1.54) is 0 Å². The lowest BCUT2D eigenvalue weighted by Gasteiger charge is -2.07. The first-order valence-electron chi connectivity index (χ1n) is 8.31. The lowest BCUT2D eigenvalue weighted by Crippen LogP contribution is -2.26. The van der Waals surface area contributed by atoms with Crippen molar-refractivity contribution in [3.8, 4) is 11.5 Å². The highest BCUT2D eigenvalue weighted by Gasteiger charge is 2.20. The number of aromatic nitrogens is 5. The van der Waals surface area contributed by atoms with E-state index in [9.17, 15) is 4.79 Å². The van der Waals surface area contributed by atoms with E-state index in [1.54, 1.807) is 48.3 Å². The fraction of sp³-hybridized carbons (Fsp3) is 0.167. The van der Waals surface area contributed by atoms with Crippen molar-refractivity contribution in [3.63, 3.8) is 0 Å². The first-order chi connectivity index (χ1) is 13.2. The summed E-state index contributed by atoms with van der Waals surface area (Å²) in [6, 6.07) is 10.1. The van der Waals surface area contributed by atoms with Gasteiger partial charge in [0, 0.05) is 18.6 Å². The summed E-state index contributed by atoms with van der Waals surface area (Å²) in [5.41, 5.74) is 0.598. The molecule has 27 heavy (non-hydrogen) atoms. The molecule has 0 saturated carbocycles. The van der Waals surface area contributed by atoms with E-state index in [4.69, 9.17) is 8.94 Å². The molecule has 1 atom stereocenters. The summed E-state index contributed by atoms with van der Waals surface area (Å²) in [6.45, 7) is 2.20. The summed E-state index contributed by atoms with van der Waals surface area (Å²) < 4.78 is 12.5. The van der Waals surface area contributed by atoms with Crippen molar-refractivity contribution in [2.24, 2.45) is 0 Å². The van der Waals surface area contributed by atoms with Gasteiger partial charge in [-0.1, -0.05) is 11.2 Å². The molecule has 9 nitrogen and oxygen atoms in total. The Labute approximate surface area is 154 Å². The van der Waals surface area contributed by atoms with Crippen LogP contribution in [0, 0.1) is 0 Å². The quantitative estimate of drug-likeness (QED) is 0.559. The third-order valence-electron chi connectivity index (χ3n) is 3.82. The fourth-order valence-corrected chi connectivity index (χ4v) is 2.48. The second-order valence-electron chi connectivity index (χ2n) is 5.84. The number of rotatable bonds is 6. The molecule has 0 aliphatic carbocycles. The number of nitrogens with zero attached hydrogens (tertiary/aromatic N) is 5. The van der Waals surface area contributed by atoms with Gasteiger partial charge >= 0.3 is 0 Å². The predicted octanol–water partition coefficient (Wildman–Crippen LogP) is 2.46. The second kappa shape index (κ2) is 7.24. The number of furan rings is 1. The summed E-state index contributed by atoms with van der Waals surface area (Å²) in [7, 11) is 0. The van der Waals surface area contributed by atoms with E-state index in [0.29, 0.717) is 23.8 Å². The van der Waals surface area contributed by atoms with Crippen LogP contribution in [0.3, 0.4) is 0 Å². The Morgan fingerprint density at radius 3 is 2.93 bits per heavy atom. The molecule has 0 fully saturated rings. The zero-order chi connectivity index (χ0) is 18.6. The maximum Gasteiger partial charge on any atom is 0.287 e. The highest BCUT2D eigenvalue weighted by Crippen LogP contribution is 2.17. The molecular weight excluding hydrogens is 348 g/mol. The summed E-state index contributed by atoms with van der Waals surface area (Å²) in [5, 5.41) is 10.8. The average Bonchev–Trinajstić information content (AvgIpc) is 3.44. The molecule has 136 valence electrons. The Bertz CT molecular complexity index is 1020. The maximum atomic E-state index is 12.4. The Balaban J connectivity index is 1.41. The molecule has 0 radical (unpaired) electrons. The number of carbonyl (C=O) groups is 1. The molecule has 9 heteroatoms. The van der Waals surface area contributed by atoms with Crippen LogP contribution >= 0.6 is 0 Å². The van der Waals surface area contributed by atoms with Crippen molar-refractivity contribution in [1.82, 2.24) is 30.2 Å². The first kappa shape index (κ1) is 16.7. The number of pyridine rings is 1. The number of carbonyl (C=O) groups excluding carboxylic acids is 1. The van der Waals surface area contributed by atoms with Crippen molar-refractivity contribution in [2.75, 3.05) is 0 Å². The van der Waals surface area contributed by atoms with E-state index in [1.807, 2.05) is 18.3 Å². The van der Waals surface area contributed by atoms with Gasteiger partial charge in [-0.3, -0.25) is 14.5 Å². The van der Waals surface area contributed by atoms with Crippen LogP contribution in [0.4, 0.5) is 0 Å². The molecule has 0 aliphatic heterocycles. The molecule has 1 amide bonds. The molecule has 0 unspecified atom stereocenters. The number of nitrogens with one attached hydrogen (secondary N) is 1. The van der Waals surface area contributed by atoms with Crippen LogP contribution in [0.2, 0.25) is 0 Å². The SMILES string of the molecule is C[C@@H](NC(=O)c1ccc(Cn2cccn2)o1)c1nc(-c2ccccn2)no1. The number of hydrogen-bond donors (Lipinski definition) is 1. The van der Waals surface area contributed by atoms with Crippen molar-refractivity contribution in [3.05, 3.63) is 72.4 Å². The van der Waals surface area contributed by atoms with Crippen molar-refractivity contribution in [1.29, 1.82) is 0 Å². The van der Waals surface area contributed by atoms with Crippen LogP contribution in [-0.2, 0) is 6.54 Å². The Hall–Kier alpha value is -3.75. The molecule has 4 aromatic rings. The van der Waals surface area contributed by atoms with Crippen LogP contribution in [-0.4, -0.2) is 30.8 Å². The van der Waals surface area contributed by atoms with Gasteiger partial charge in [0.2, 0.25) is 11.7 Å². The third-order valence-corrected chi connectivity index (χ3v) is 3.82. The lowest BCUT2D eigenvalue weighted by molar-refractivity contribution is 0.0902. The molecular formula is C18H16N6O3. The minimum atomic E-state index is -0.484. The standard InChI is InChI=1S/C18H16N6O3/c1-12(18-22-16(23-27-18)14-5-2-3-8-19-14)21-17(25)15-7-6-13(26-15)11-24-10-4-9-20-24/h2-10,12H,11H2,1H3,(H,21,25)/t12-/m1/s1. The molecule has 0 bridgehead atoms. The minimum absolute atomic E-state index is 0.202. The monoisotopic (exact) mass is 364 g/mol. The predicted molar refractivity (Wildman–Crippen MR) is 93.4 cm³/mol. The molecule has 0 saturated heterocycles. The molecule has 1 N–H and O–H groups in total. The van der Waals surface area contributed by atoms with E-state index in [0.717, 1.165) is 0 Å². The van der Waals surface area contributed by atoms with E-state index in [2.05, 4.69) is 25.5 Å². The summed E-state index contributed by atoms with van der Waals surface area (Å²) in [4.78, 5) is 20.8. The van der Waals surface area contributed by atoms with E-state index >= 15 is 0 Å².